The topological polar surface area (TPSA) is 80.2 Å². The van der Waals surface area contributed by atoms with Crippen molar-refractivity contribution in [3.63, 3.8) is 0 Å². The van der Waals surface area contributed by atoms with Gasteiger partial charge in [-0.1, -0.05) is 29.5 Å². The van der Waals surface area contributed by atoms with E-state index in [2.05, 4.69) is 14.9 Å². The first kappa shape index (κ1) is 18.8. The van der Waals surface area contributed by atoms with E-state index in [1.54, 1.807) is 24.5 Å². The minimum Gasteiger partial charge on any atom is -0.341 e. The lowest BCUT2D eigenvalue weighted by molar-refractivity contribution is 0.104. The van der Waals surface area contributed by atoms with Crippen LogP contribution in [-0.4, -0.2) is 36.5 Å². The molecular weight excluding hydrogens is 394 g/mol. The van der Waals surface area contributed by atoms with Gasteiger partial charge in [0.05, 0.1) is 16.0 Å². The maximum atomic E-state index is 12.9. The Balaban J connectivity index is 1.59. The molecule has 144 valence electrons. The van der Waals surface area contributed by atoms with Gasteiger partial charge in [0.15, 0.2) is 15.0 Å². The smallest absolute Gasteiger partial charge is 0.204 e. The summed E-state index contributed by atoms with van der Waals surface area (Å²) in [6, 6.07) is 10.5. The van der Waals surface area contributed by atoms with E-state index < -0.39 is 9.84 Å². The van der Waals surface area contributed by atoms with Crippen LogP contribution in [-0.2, 0) is 16.4 Å². The second-order valence-electron chi connectivity index (χ2n) is 6.86. The van der Waals surface area contributed by atoms with Gasteiger partial charge in [0.1, 0.15) is 0 Å². The number of rotatable bonds is 7. The Kier molecular flexibility index (Phi) is 4.99. The molecule has 1 aromatic carbocycles. The van der Waals surface area contributed by atoms with Crippen molar-refractivity contribution in [2.75, 3.05) is 11.2 Å². The third kappa shape index (κ3) is 4.13. The molecule has 2 aromatic heterocycles. The summed E-state index contributed by atoms with van der Waals surface area (Å²) in [5, 5.41) is 0.800. The Morgan fingerprint density at radius 2 is 2.04 bits per heavy atom. The van der Waals surface area contributed by atoms with E-state index in [0.29, 0.717) is 23.0 Å². The van der Waals surface area contributed by atoms with Crippen molar-refractivity contribution in [2.45, 2.75) is 30.3 Å². The highest BCUT2D eigenvalue weighted by Crippen LogP contribution is 2.35. The van der Waals surface area contributed by atoms with Crippen molar-refractivity contribution < 1.29 is 13.2 Å². The fourth-order valence-electron chi connectivity index (χ4n) is 2.94. The van der Waals surface area contributed by atoms with Crippen LogP contribution in [0.5, 0.6) is 0 Å². The number of ketones is 1. The summed E-state index contributed by atoms with van der Waals surface area (Å²) in [5.74, 6) is -0.216. The summed E-state index contributed by atoms with van der Waals surface area (Å²) in [6.45, 7) is 0.698. The molecule has 1 aliphatic rings. The van der Waals surface area contributed by atoms with Gasteiger partial charge in [-0.05, 0) is 36.6 Å². The van der Waals surface area contributed by atoms with Crippen molar-refractivity contribution in [3.05, 3.63) is 71.0 Å². The maximum Gasteiger partial charge on any atom is 0.204 e. The van der Waals surface area contributed by atoms with E-state index >= 15 is 0 Å². The van der Waals surface area contributed by atoms with E-state index in [0.717, 1.165) is 29.8 Å². The van der Waals surface area contributed by atoms with Gasteiger partial charge in [-0.25, -0.2) is 13.4 Å². The molecule has 4 rings (SSSR count). The zero-order valence-corrected chi connectivity index (χ0v) is 16.9. The zero-order valence-electron chi connectivity index (χ0n) is 15.3. The SMILES string of the molecule is CS(=O)(=O)c1cccc(C(=O)c2cnc(N(Cc3cccnc3)C3CC3)s2)c1. The maximum absolute atomic E-state index is 12.9. The van der Waals surface area contributed by atoms with Gasteiger partial charge in [0.25, 0.3) is 0 Å². The normalized spacial score (nSPS) is 14.0. The van der Waals surface area contributed by atoms with E-state index in [9.17, 15) is 13.2 Å². The lowest BCUT2D eigenvalue weighted by Crippen LogP contribution is -2.24. The van der Waals surface area contributed by atoms with Crippen molar-refractivity contribution in [2.24, 2.45) is 0 Å². The van der Waals surface area contributed by atoms with Crippen LogP contribution in [0.1, 0.15) is 33.6 Å². The molecule has 28 heavy (non-hydrogen) atoms. The number of hydrogen-bond donors (Lipinski definition) is 0. The van der Waals surface area contributed by atoms with E-state index in [-0.39, 0.29) is 10.7 Å². The van der Waals surface area contributed by atoms with Gasteiger partial charge in [-0.3, -0.25) is 9.78 Å². The van der Waals surface area contributed by atoms with E-state index in [4.69, 9.17) is 0 Å². The number of carbonyl (C=O) groups is 1. The Morgan fingerprint density at radius 3 is 2.71 bits per heavy atom. The summed E-state index contributed by atoms with van der Waals surface area (Å²) >= 11 is 1.34. The molecule has 3 aromatic rings. The molecule has 0 bridgehead atoms. The van der Waals surface area contributed by atoms with Gasteiger partial charge in [-0.2, -0.15) is 0 Å². The van der Waals surface area contributed by atoms with Crippen LogP contribution in [0.3, 0.4) is 0 Å². The van der Waals surface area contributed by atoms with Gasteiger partial charge in [0, 0.05) is 36.8 Å². The number of benzene rings is 1. The van der Waals surface area contributed by atoms with E-state index in [1.165, 1.54) is 23.5 Å². The molecule has 0 saturated heterocycles. The first-order chi connectivity index (χ1) is 13.4. The van der Waals surface area contributed by atoms with Crippen molar-refractivity contribution in [1.82, 2.24) is 9.97 Å². The monoisotopic (exact) mass is 413 g/mol. The highest BCUT2D eigenvalue weighted by atomic mass is 32.2. The molecule has 0 amide bonds. The number of hydrogen-bond acceptors (Lipinski definition) is 7. The molecule has 0 spiro atoms. The molecule has 8 heteroatoms. The second-order valence-corrected chi connectivity index (χ2v) is 9.88. The molecule has 1 saturated carbocycles. The lowest BCUT2D eigenvalue weighted by atomic mass is 10.1. The zero-order chi connectivity index (χ0) is 19.7. The van der Waals surface area contributed by atoms with Crippen LogP contribution >= 0.6 is 11.3 Å². The average Bonchev–Trinajstić information content (AvgIpc) is 3.42. The van der Waals surface area contributed by atoms with Crippen LogP contribution < -0.4 is 4.90 Å². The lowest BCUT2D eigenvalue weighted by Gasteiger charge is -2.21. The highest BCUT2D eigenvalue weighted by molar-refractivity contribution is 7.90. The number of thiazole rings is 1. The predicted molar refractivity (Wildman–Crippen MR) is 109 cm³/mol. The molecule has 0 atom stereocenters. The number of anilines is 1. The van der Waals surface area contributed by atoms with Crippen LogP contribution in [0, 0.1) is 0 Å². The molecule has 0 radical (unpaired) electrons. The second kappa shape index (κ2) is 7.44. The number of sulfone groups is 1. The van der Waals surface area contributed by atoms with Crippen molar-refractivity contribution in [1.29, 1.82) is 0 Å². The van der Waals surface area contributed by atoms with Gasteiger partial charge in [0.2, 0.25) is 5.78 Å². The van der Waals surface area contributed by atoms with Crippen LogP contribution in [0.15, 0.2) is 59.9 Å². The third-order valence-electron chi connectivity index (χ3n) is 4.55. The minimum atomic E-state index is -3.37. The van der Waals surface area contributed by atoms with Gasteiger partial charge in [-0.15, -0.1) is 0 Å². The average molecular weight is 414 g/mol. The number of aromatic nitrogens is 2. The molecule has 6 nitrogen and oxygen atoms in total. The predicted octanol–water partition coefficient (Wildman–Crippen LogP) is 3.34. The van der Waals surface area contributed by atoms with Crippen molar-refractivity contribution >= 4 is 32.1 Å². The summed E-state index contributed by atoms with van der Waals surface area (Å²) in [6.07, 6.45) is 8.52. The fourth-order valence-corrected chi connectivity index (χ4v) is 4.56. The standard InChI is InChI=1S/C20H19N3O3S2/c1-28(25,26)17-6-2-5-15(10-17)19(24)18-12-22-20(27-18)23(16-7-8-16)13-14-4-3-9-21-11-14/h2-6,9-12,16H,7-8,13H2,1H3. The Labute approximate surface area is 167 Å². The summed E-state index contributed by atoms with van der Waals surface area (Å²) in [4.78, 5) is 24.3. The summed E-state index contributed by atoms with van der Waals surface area (Å²) < 4.78 is 23.5. The van der Waals surface area contributed by atoms with Crippen LogP contribution in [0.4, 0.5) is 5.13 Å². The number of carbonyl (C=O) groups excluding carboxylic acids is 1. The molecular formula is C20H19N3O3S2. The molecule has 1 fully saturated rings. The highest BCUT2D eigenvalue weighted by Gasteiger charge is 2.31. The third-order valence-corrected chi connectivity index (χ3v) is 6.69. The number of pyridine rings is 1. The van der Waals surface area contributed by atoms with Crippen LogP contribution in [0.2, 0.25) is 0 Å². The molecule has 0 N–H and O–H groups in total. The molecule has 0 unspecified atom stereocenters. The Hall–Kier alpha value is -2.58. The molecule has 0 aliphatic heterocycles. The minimum absolute atomic E-state index is 0.138. The summed E-state index contributed by atoms with van der Waals surface area (Å²) in [5.41, 5.74) is 1.45. The summed E-state index contributed by atoms with van der Waals surface area (Å²) in [7, 11) is -3.37. The van der Waals surface area contributed by atoms with E-state index in [1.807, 2.05) is 18.3 Å². The van der Waals surface area contributed by atoms with Gasteiger partial charge >= 0.3 is 0 Å². The molecule has 2 heterocycles. The quantitative estimate of drug-likeness (QED) is 0.553. The van der Waals surface area contributed by atoms with Crippen LogP contribution in [0.25, 0.3) is 0 Å². The molecule has 1 aliphatic carbocycles. The number of nitrogens with zero attached hydrogens (tertiary/aromatic N) is 3. The largest absolute Gasteiger partial charge is 0.341 e. The first-order valence-corrected chi connectivity index (χ1v) is 11.6. The Morgan fingerprint density at radius 1 is 1.21 bits per heavy atom. The fraction of sp³-hybridized carbons (Fsp3) is 0.250. The Bertz CT molecular complexity index is 1110. The first-order valence-electron chi connectivity index (χ1n) is 8.88. The van der Waals surface area contributed by atoms with Gasteiger partial charge < -0.3 is 4.90 Å². The van der Waals surface area contributed by atoms with Crippen molar-refractivity contribution in [3.8, 4) is 0 Å².